The third-order valence-corrected chi connectivity index (χ3v) is 3.90. The van der Waals surface area contributed by atoms with Crippen molar-refractivity contribution >= 4 is 29.6 Å². The number of carboxylic acids is 1. The van der Waals surface area contributed by atoms with Gasteiger partial charge in [0.15, 0.2) is 6.04 Å². The predicted molar refractivity (Wildman–Crippen MR) is 102 cm³/mol. The lowest BCUT2D eigenvalue weighted by molar-refractivity contribution is -0.145. The maximum atomic E-state index is 12.6. The summed E-state index contributed by atoms with van der Waals surface area (Å²) in [5.74, 6) is -4.36. The Morgan fingerprint density at radius 3 is 1.90 bits per heavy atom. The number of aliphatic hydroxyl groups is 1. The normalized spacial score (nSPS) is 15.0. The molecule has 166 valence electrons. The van der Waals surface area contributed by atoms with E-state index < -0.39 is 53.8 Å². The number of carbonyl (C=O) groups excluding carboxylic acids is 4. The van der Waals surface area contributed by atoms with Gasteiger partial charge in [-0.3, -0.25) is 19.2 Å². The SMILES string of the molecule is CC(C)CC(NC(=O)C(CCC(N)=O)NC(=O)CN)C(=O)NC(C(=O)O)C(C)O. The van der Waals surface area contributed by atoms with Crippen molar-refractivity contribution in [2.75, 3.05) is 6.54 Å². The van der Waals surface area contributed by atoms with Gasteiger partial charge < -0.3 is 37.6 Å². The topological polar surface area (TPSA) is 214 Å². The fourth-order valence-electron chi connectivity index (χ4n) is 2.43. The first-order valence-electron chi connectivity index (χ1n) is 9.18. The largest absolute Gasteiger partial charge is 0.480 e. The molecule has 0 rings (SSSR count). The number of nitrogens with two attached hydrogens (primary N) is 2. The molecule has 0 saturated heterocycles. The maximum Gasteiger partial charge on any atom is 0.328 e. The van der Waals surface area contributed by atoms with Crippen LogP contribution < -0.4 is 27.4 Å². The molecule has 29 heavy (non-hydrogen) atoms. The van der Waals surface area contributed by atoms with Gasteiger partial charge in [-0.05, 0) is 25.7 Å². The Kier molecular flexibility index (Phi) is 11.5. The third kappa shape index (κ3) is 10.4. The zero-order valence-corrected chi connectivity index (χ0v) is 16.8. The first-order chi connectivity index (χ1) is 13.4. The second kappa shape index (κ2) is 12.7. The number of primary amides is 1. The summed E-state index contributed by atoms with van der Waals surface area (Å²) in [5, 5.41) is 25.6. The van der Waals surface area contributed by atoms with E-state index >= 15 is 0 Å². The number of carboxylic acid groups (broad SMARTS) is 1. The summed E-state index contributed by atoms with van der Waals surface area (Å²) in [5.41, 5.74) is 10.3. The minimum absolute atomic E-state index is 0.0522. The Bertz CT molecular complexity index is 609. The first-order valence-corrected chi connectivity index (χ1v) is 9.18. The van der Waals surface area contributed by atoms with Crippen LogP contribution in [-0.4, -0.2) is 70.6 Å². The third-order valence-electron chi connectivity index (χ3n) is 3.90. The molecule has 0 fully saturated rings. The van der Waals surface area contributed by atoms with Crippen molar-refractivity contribution in [1.29, 1.82) is 0 Å². The smallest absolute Gasteiger partial charge is 0.328 e. The number of hydrogen-bond acceptors (Lipinski definition) is 7. The number of carbonyl (C=O) groups is 5. The summed E-state index contributed by atoms with van der Waals surface area (Å²) < 4.78 is 0. The van der Waals surface area contributed by atoms with Crippen LogP contribution in [0.4, 0.5) is 0 Å². The van der Waals surface area contributed by atoms with Gasteiger partial charge in [0.2, 0.25) is 23.6 Å². The lowest BCUT2D eigenvalue weighted by Crippen LogP contribution is -2.58. The Labute approximate surface area is 168 Å². The van der Waals surface area contributed by atoms with Crippen LogP contribution in [0.15, 0.2) is 0 Å². The maximum absolute atomic E-state index is 12.6. The Hall–Kier alpha value is -2.73. The van der Waals surface area contributed by atoms with Crippen LogP contribution in [-0.2, 0) is 24.0 Å². The van der Waals surface area contributed by atoms with E-state index in [2.05, 4.69) is 16.0 Å². The molecule has 0 aromatic carbocycles. The van der Waals surface area contributed by atoms with Gasteiger partial charge in [-0.2, -0.15) is 0 Å². The van der Waals surface area contributed by atoms with Gasteiger partial charge >= 0.3 is 5.97 Å². The Balaban J connectivity index is 5.38. The molecule has 0 aliphatic carbocycles. The molecule has 0 heterocycles. The minimum atomic E-state index is -1.56. The van der Waals surface area contributed by atoms with E-state index in [0.29, 0.717) is 0 Å². The van der Waals surface area contributed by atoms with Crippen LogP contribution in [0.25, 0.3) is 0 Å². The van der Waals surface area contributed by atoms with E-state index in [1.54, 1.807) is 13.8 Å². The highest BCUT2D eigenvalue weighted by Crippen LogP contribution is 2.08. The molecule has 0 aromatic heterocycles. The van der Waals surface area contributed by atoms with E-state index in [-0.39, 0.29) is 31.7 Å². The number of nitrogens with one attached hydrogen (secondary N) is 3. The lowest BCUT2D eigenvalue weighted by atomic mass is 10.0. The van der Waals surface area contributed by atoms with Gasteiger partial charge in [0, 0.05) is 6.42 Å². The van der Waals surface area contributed by atoms with Gasteiger partial charge in [-0.25, -0.2) is 4.79 Å². The fraction of sp³-hybridized carbons (Fsp3) is 0.706. The van der Waals surface area contributed by atoms with E-state index in [9.17, 15) is 29.1 Å². The number of aliphatic hydroxyl groups excluding tert-OH is 1. The molecule has 0 saturated carbocycles. The van der Waals surface area contributed by atoms with Crippen molar-refractivity contribution in [3.63, 3.8) is 0 Å². The summed E-state index contributed by atoms with van der Waals surface area (Å²) in [7, 11) is 0. The summed E-state index contributed by atoms with van der Waals surface area (Å²) in [4.78, 5) is 58.9. The molecular formula is C17H31N5O7. The summed E-state index contributed by atoms with van der Waals surface area (Å²) >= 11 is 0. The van der Waals surface area contributed by atoms with Gasteiger partial charge in [-0.1, -0.05) is 13.8 Å². The summed E-state index contributed by atoms with van der Waals surface area (Å²) in [6.07, 6.45) is -1.49. The summed E-state index contributed by atoms with van der Waals surface area (Å²) in [6, 6.07) is -3.85. The molecule has 4 unspecified atom stereocenters. The average molecular weight is 417 g/mol. The Morgan fingerprint density at radius 2 is 1.48 bits per heavy atom. The van der Waals surface area contributed by atoms with E-state index in [4.69, 9.17) is 16.6 Å². The van der Waals surface area contributed by atoms with Crippen molar-refractivity contribution in [3.05, 3.63) is 0 Å². The van der Waals surface area contributed by atoms with Crippen molar-refractivity contribution in [2.45, 2.75) is 64.3 Å². The van der Waals surface area contributed by atoms with Crippen molar-refractivity contribution in [1.82, 2.24) is 16.0 Å². The molecule has 12 nitrogen and oxygen atoms in total. The quantitative estimate of drug-likeness (QED) is 0.165. The molecule has 0 radical (unpaired) electrons. The van der Waals surface area contributed by atoms with Crippen LogP contribution in [0.3, 0.4) is 0 Å². The van der Waals surface area contributed by atoms with Crippen molar-refractivity contribution in [2.24, 2.45) is 17.4 Å². The molecule has 0 aromatic rings. The molecule has 9 N–H and O–H groups in total. The number of rotatable bonds is 13. The van der Waals surface area contributed by atoms with Gasteiger partial charge in [0.25, 0.3) is 0 Å². The highest BCUT2D eigenvalue weighted by molar-refractivity contribution is 5.93. The van der Waals surface area contributed by atoms with Gasteiger partial charge in [0.1, 0.15) is 12.1 Å². The van der Waals surface area contributed by atoms with Crippen molar-refractivity contribution in [3.8, 4) is 0 Å². The molecule has 0 aliphatic rings. The van der Waals surface area contributed by atoms with Crippen LogP contribution in [0.1, 0.15) is 40.0 Å². The zero-order chi connectivity index (χ0) is 22.7. The molecule has 4 atom stereocenters. The second-order valence-electron chi connectivity index (χ2n) is 7.09. The monoisotopic (exact) mass is 417 g/mol. The molecule has 4 amide bonds. The van der Waals surface area contributed by atoms with E-state index in [1.165, 1.54) is 6.92 Å². The highest BCUT2D eigenvalue weighted by Gasteiger charge is 2.31. The molecule has 0 aliphatic heterocycles. The molecule has 0 spiro atoms. The number of hydrogen-bond donors (Lipinski definition) is 7. The Morgan fingerprint density at radius 1 is 0.931 bits per heavy atom. The highest BCUT2D eigenvalue weighted by atomic mass is 16.4. The van der Waals surface area contributed by atoms with E-state index in [0.717, 1.165) is 0 Å². The zero-order valence-electron chi connectivity index (χ0n) is 16.8. The second-order valence-corrected chi connectivity index (χ2v) is 7.09. The van der Waals surface area contributed by atoms with Crippen molar-refractivity contribution < 1.29 is 34.2 Å². The van der Waals surface area contributed by atoms with Crippen LogP contribution in [0.2, 0.25) is 0 Å². The van der Waals surface area contributed by atoms with Gasteiger partial charge in [-0.15, -0.1) is 0 Å². The molecule has 12 heteroatoms. The predicted octanol–water partition coefficient (Wildman–Crippen LogP) is -2.82. The van der Waals surface area contributed by atoms with Crippen LogP contribution in [0, 0.1) is 5.92 Å². The minimum Gasteiger partial charge on any atom is -0.480 e. The molecular weight excluding hydrogens is 386 g/mol. The number of aliphatic carboxylic acids is 1. The van der Waals surface area contributed by atoms with Gasteiger partial charge in [0.05, 0.1) is 12.6 Å². The van der Waals surface area contributed by atoms with E-state index in [1.807, 2.05) is 0 Å². The average Bonchev–Trinajstić information content (AvgIpc) is 2.60. The number of amides is 4. The first kappa shape index (κ1) is 26.3. The standard InChI is InChI=1S/C17H31N5O7/c1-8(2)6-11(16(27)22-14(9(3)23)17(28)29)21-15(26)10(4-5-12(19)24)20-13(25)7-18/h8-11,14,23H,4-7,18H2,1-3H3,(H2,19,24)(H,20,25)(H,21,26)(H,22,27)(H,28,29). The molecule has 0 bridgehead atoms. The van der Waals surface area contributed by atoms with Crippen LogP contribution in [0.5, 0.6) is 0 Å². The summed E-state index contributed by atoms with van der Waals surface area (Å²) in [6.45, 7) is 4.40. The van der Waals surface area contributed by atoms with Crippen LogP contribution >= 0.6 is 0 Å². The lowest BCUT2D eigenvalue weighted by Gasteiger charge is -2.26. The fourth-order valence-corrected chi connectivity index (χ4v) is 2.43.